The van der Waals surface area contributed by atoms with Gasteiger partial charge in [0.2, 0.25) is 0 Å². The Morgan fingerprint density at radius 3 is 3.30 bits per heavy atom. The first-order chi connectivity index (χ1) is 9.79. The van der Waals surface area contributed by atoms with Crippen LogP contribution in [0.15, 0.2) is 12.5 Å². The summed E-state index contributed by atoms with van der Waals surface area (Å²) in [5.74, 6) is 0. The van der Waals surface area contributed by atoms with Crippen LogP contribution in [0.4, 0.5) is 4.79 Å². The van der Waals surface area contributed by atoms with Gasteiger partial charge in [0.15, 0.2) is 0 Å². The van der Waals surface area contributed by atoms with Gasteiger partial charge < -0.3 is 19.9 Å². The Labute approximate surface area is 119 Å². The Morgan fingerprint density at radius 2 is 2.55 bits per heavy atom. The quantitative estimate of drug-likeness (QED) is 0.830. The van der Waals surface area contributed by atoms with Crippen LogP contribution in [0, 0.1) is 0 Å². The van der Waals surface area contributed by atoms with Crippen LogP contribution >= 0.6 is 0 Å². The number of carbonyl (C=O) groups excluding carboxylic acids is 1. The fraction of sp³-hybridized carbons (Fsp3) is 0.714. The molecule has 6 heteroatoms. The van der Waals surface area contributed by atoms with E-state index < -0.39 is 0 Å². The number of nitrogens with one attached hydrogen (secondary N) is 2. The van der Waals surface area contributed by atoms with Crippen LogP contribution in [0.2, 0.25) is 0 Å². The van der Waals surface area contributed by atoms with E-state index in [-0.39, 0.29) is 12.1 Å². The maximum absolute atomic E-state index is 12.1. The van der Waals surface area contributed by atoms with E-state index in [4.69, 9.17) is 4.74 Å². The van der Waals surface area contributed by atoms with E-state index >= 15 is 0 Å². The molecule has 0 aliphatic carbocycles. The van der Waals surface area contributed by atoms with E-state index in [2.05, 4.69) is 22.2 Å². The molecule has 0 unspecified atom stereocenters. The Balaban J connectivity index is 1.68. The second kappa shape index (κ2) is 7.89. The minimum Gasteiger partial charge on any atom is -0.376 e. The summed E-state index contributed by atoms with van der Waals surface area (Å²) in [7, 11) is 0. The molecule has 2 N–H and O–H groups in total. The largest absolute Gasteiger partial charge is 0.376 e. The predicted molar refractivity (Wildman–Crippen MR) is 76.5 cm³/mol. The topological polar surface area (TPSA) is 70.2 Å². The van der Waals surface area contributed by atoms with Crippen molar-refractivity contribution in [2.24, 2.45) is 0 Å². The third kappa shape index (κ3) is 4.52. The second-order valence-corrected chi connectivity index (χ2v) is 5.14. The molecular weight excluding hydrogens is 256 g/mol. The highest BCUT2D eigenvalue weighted by molar-refractivity contribution is 5.74. The van der Waals surface area contributed by atoms with Gasteiger partial charge in [0.1, 0.15) is 0 Å². The number of likely N-dealkylation sites (tertiary alicyclic amines) is 1. The van der Waals surface area contributed by atoms with Crippen molar-refractivity contribution in [1.29, 1.82) is 0 Å². The number of aromatic nitrogens is 2. The normalized spacial score (nSPS) is 19.1. The van der Waals surface area contributed by atoms with Gasteiger partial charge in [-0.05, 0) is 19.3 Å². The van der Waals surface area contributed by atoms with Crippen LogP contribution in [-0.4, -0.2) is 53.2 Å². The zero-order valence-electron chi connectivity index (χ0n) is 12.1. The number of rotatable bonds is 6. The van der Waals surface area contributed by atoms with Crippen molar-refractivity contribution in [1.82, 2.24) is 20.2 Å². The molecule has 2 heterocycles. The summed E-state index contributed by atoms with van der Waals surface area (Å²) in [6.45, 7) is 5.03. The predicted octanol–water partition coefficient (Wildman–Crippen LogP) is 1.55. The zero-order chi connectivity index (χ0) is 14.2. The van der Waals surface area contributed by atoms with Crippen LogP contribution < -0.4 is 5.32 Å². The number of carbonyl (C=O) groups is 1. The van der Waals surface area contributed by atoms with Crippen molar-refractivity contribution < 1.29 is 9.53 Å². The molecule has 1 aromatic heterocycles. The maximum Gasteiger partial charge on any atom is 0.317 e. The van der Waals surface area contributed by atoms with Gasteiger partial charge in [-0.25, -0.2) is 9.78 Å². The molecule has 0 bridgehead atoms. The van der Waals surface area contributed by atoms with Crippen molar-refractivity contribution >= 4 is 6.03 Å². The van der Waals surface area contributed by atoms with E-state index in [1.165, 1.54) is 0 Å². The number of H-pyrrole nitrogens is 1. The molecule has 0 spiro atoms. The highest BCUT2D eigenvalue weighted by Gasteiger charge is 2.23. The van der Waals surface area contributed by atoms with Crippen LogP contribution in [0.3, 0.4) is 0 Å². The molecule has 2 amide bonds. The van der Waals surface area contributed by atoms with Gasteiger partial charge in [-0.1, -0.05) is 6.92 Å². The third-order valence-corrected chi connectivity index (χ3v) is 3.45. The van der Waals surface area contributed by atoms with Gasteiger partial charge in [-0.3, -0.25) is 0 Å². The smallest absolute Gasteiger partial charge is 0.317 e. The molecule has 6 nitrogen and oxygen atoms in total. The van der Waals surface area contributed by atoms with Crippen molar-refractivity contribution in [3.63, 3.8) is 0 Å². The van der Waals surface area contributed by atoms with E-state index in [9.17, 15) is 4.79 Å². The average Bonchev–Trinajstić information content (AvgIpc) is 2.98. The fourth-order valence-corrected chi connectivity index (χ4v) is 2.38. The molecule has 0 saturated carbocycles. The first-order valence-electron chi connectivity index (χ1n) is 7.41. The number of amides is 2. The summed E-state index contributed by atoms with van der Waals surface area (Å²) in [5.41, 5.74) is 1.04. The lowest BCUT2D eigenvalue weighted by Crippen LogP contribution is -2.48. The molecule has 0 aromatic carbocycles. The van der Waals surface area contributed by atoms with Gasteiger partial charge in [-0.15, -0.1) is 0 Å². The van der Waals surface area contributed by atoms with Gasteiger partial charge in [0.25, 0.3) is 0 Å². The summed E-state index contributed by atoms with van der Waals surface area (Å²) < 4.78 is 5.74. The van der Waals surface area contributed by atoms with Crippen LogP contribution in [0.25, 0.3) is 0 Å². The molecular formula is C14H24N4O2. The fourth-order valence-electron chi connectivity index (χ4n) is 2.38. The second-order valence-electron chi connectivity index (χ2n) is 5.14. The molecule has 2 rings (SSSR count). The molecule has 20 heavy (non-hydrogen) atoms. The minimum absolute atomic E-state index is 0.00862. The average molecular weight is 280 g/mol. The van der Waals surface area contributed by atoms with Gasteiger partial charge in [-0.2, -0.15) is 0 Å². The number of hydrogen-bond acceptors (Lipinski definition) is 3. The summed E-state index contributed by atoms with van der Waals surface area (Å²) >= 11 is 0. The number of urea groups is 1. The summed E-state index contributed by atoms with van der Waals surface area (Å²) in [6, 6.07) is 0.00862. The zero-order valence-corrected chi connectivity index (χ0v) is 12.1. The van der Waals surface area contributed by atoms with Crippen LogP contribution in [0.5, 0.6) is 0 Å². The SMILES string of the molecule is CCCO[C@@H]1CCCN(C(=O)NCCc2cnc[nH]2)C1. The summed E-state index contributed by atoms with van der Waals surface area (Å²) in [6.07, 6.45) is 7.49. The van der Waals surface area contributed by atoms with Crippen molar-refractivity contribution in [3.8, 4) is 0 Å². The van der Waals surface area contributed by atoms with Crippen LogP contribution in [0.1, 0.15) is 31.9 Å². The molecule has 1 saturated heterocycles. The summed E-state index contributed by atoms with van der Waals surface area (Å²) in [5, 5.41) is 2.95. The van der Waals surface area contributed by atoms with Gasteiger partial charge in [0.05, 0.1) is 12.4 Å². The Hall–Kier alpha value is -1.56. The first-order valence-corrected chi connectivity index (χ1v) is 7.41. The van der Waals surface area contributed by atoms with Gasteiger partial charge in [0, 0.05) is 44.6 Å². The van der Waals surface area contributed by atoms with Crippen molar-refractivity contribution in [3.05, 3.63) is 18.2 Å². The molecule has 112 valence electrons. The van der Waals surface area contributed by atoms with Crippen LogP contribution in [-0.2, 0) is 11.2 Å². The number of imidazole rings is 1. The molecule has 1 atom stereocenters. The maximum atomic E-state index is 12.1. The summed E-state index contributed by atoms with van der Waals surface area (Å²) in [4.78, 5) is 20.9. The minimum atomic E-state index is 0.00862. The van der Waals surface area contributed by atoms with E-state index in [1.807, 2.05) is 4.90 Å². The lowest BCUT2D eigenvalue weighted by molar-refractivity contribution is 0.0101. The first kappa shape index (κ1) is 14.8. The number of piperidine rings is 1. The van der Waals surface area contributed by atoms with E-state index in [0.29, 0.717) is 13.1 Å². The highest BCUT2D eigenvalue weighted by Crippen LogP contribution is 2.13. The number of ether oxygens (including phenoxy) is 1. The molecule has 1 aliphatic heterocycles. The lowest BCUT2D eigenvalue weighted by atomic mass is 10.1. The van der Waals surface area contributed by atoms with E-state index in [0.717, 1.165) is 44.5 Å². The Morgan fingerprint density at radius 1 is 1.65 bits per heavy atom. The molecule has 1 aliphatic rings. The highest BCUT2D eigenvalue weighted by atomic mass is 16.5. The Bertz CT molecular complexity index is 394. The standard InChI is InChI=1S/C14H24N4O2/c1-2-8-20-13-4-3-7-18(10-13)14(19)16-6-5-12-9-15-11-17-12/h9,11,13H,2-8,10H2,1H3,(H,15,17)(H,16,19)/t13-/m1/s1. The van der Waals surface area contributed by atoms with Crippen molar-refractivity contribution in [2.75, 3.05) is 26.2 Å². The third-order valence-electron chi connectivity index (χ3n) is 3.45. The van der Waals surface area contributed by atoms with E-state index in [1.54, 1.807) is 12.5 Å². The molecule has 0 radical (unpaired) electrons. The number of aromatic amines is 1. The van der Waals surface area contributed by atoms with Crippen molar-refractivity contribution in [2.45, 2.75) is 38.7 Å². The monoisotopic (exact) mass is 280 g/mol. The Kier molecular flexibility index (Phi) is 5.86. The number of hydrogen-bond donors (Lipinski definition) is 2. The lowest BCUT2D eigenvalue weighted by Gasteiger charge is -2.32. The molecule has 1 fully saturated rings. The number of nitrogens with zero attached hydrogens (tertiary/aromatic N) is 2. The van der Waals surface area contributed by atoms with Gasteiger partial charge >= 0.3 is 6.03 Å². The molecule has 1 aromatic rings.